The maximum absolute atomic E-state index is 12.5. The van der Waals surface area contributed by atoms with Gasteiger partial charge in [0.2, 0.25) is 5.91 Å². The number of nitrogen functional groups attached to an aromatic ring is 1. The summed E-state index contributed by atoms with van der Waals surface area (Å²) >= 11 is 0. The molecule has 0 bridgehead atoms. The van der Waals surface area contributed by atoms with Crippen LogP contribution >= 0.6 is 0 Å². The number of rotatable bonds is 3. The fourth-order valence-electron chi connectivity index (χ4n) is 3.24. The van der Waals surface area contributed by atoms with Gasteiger partial charge in [-0.2, -0.15) is 5.10 Å². The zero-order valence-electron chi connectivity index (χ0n) is 13.5. The molecule has 122 valence electrons. The number of hydrogen-bond acceptors (Lipinski definition) is 4. The van der Waals surface area contributed by atoms with Gasteiger partial charge in [0.05, 0.1) is 12.2 Å². The van der Waals surface area contributed by atoms with E-state index in [9.17, 15) is 9.90 Å². The molecule has 1 amide bonds. The third-order valence-electron chi connectivity index (χ3n) is 4.47. The van der Waals surface area contributed by atoms with Crippen LogP contribution in [0.5, 0.6) is 0 Å². The van der Waals surface area contributed by atoms with Crippen molar-refractivity contribution in [2.75, 3.05) is 18.8 Å². The number of anilines is 1. The minimum atomic E-state index is -0.980. The Bertz CT molecular complexity index is 740. The van der Waals surface area contributed by atoms with Crippen molar-refractivity contribution in [2.24, 2.45) is 0 Å². The van der Waals surface area contributed by atoms with Gasteiger partial charge in [0.25, 0.3) is 0 Å². The molecule has 1 fully saturated rings. The summed E-state index contributed by atoms with van der Waals surface area (Å²) < 4.78 is 1.50. The molecule has 2 aromatic rings. The lowest BCUT2D eigenvalue weighted by atomic mass is 9.89. The average Bonchev–Trinajstić information content (AvgIpc) is 3.03. The molecule has 1 aliphatic heterocycles. The lowest BCUT2D eigenvalue weighted by Crippen LogP contribution is -2.36. The minimum absolute atomic E-state index is 0.0793. The van der Waals surface area contributed by atoms with Gasteiger partial charge in [0.15, 0.2) is 0 Å². The van der Waals surface area contributed by atoms with Crippen molar-refractivity contribution in [3.8, 4) is 0 Å². The first-order valence-electron chi connectivity index (χ1n) is 7.75. The molecule has 3 N–H and O–H groups in total. The predicted molar refractivity (Wildman–Crippen MR) is 87.6 cm³/mol. The van der Waals surface area contributed by atoms with Crippen LogP contribution in [0.2, 0.25) is 0 Å². The molecule has 1 atom stereocenters. The number of amides is 1. The van der Waals surface area contributed by atoms with Crippen LogP contribution in [0.25, 0.3) is 0 Å². The van der Waals surface area contributed by atoms with Crippen molar-refractivity contribution < 1.29 is 9.90 Å². The highest BCUT2D eigenvalue weighted by molar-refractivity contribution is 5.77. The SMILES string of the molecule is Cc1cc(N)n(CC(=O)N2CCC(O)(c3ccccc3C)C2)n1. The van der Waals surface area contributed by atoms with Crippen LogP contribution in [0.4, 0.5) is 5.82 Å². The fourth-order valence-corrected chi connectivity index (χ4v) is 3.24. The Morgan fingerprint density at radius 2 is 2.13 bits per heavy atom. The normalized spacial score (nSPS) is 20.9. The van der Waals surface area contributed by atoms with Crippen LogP contribution in [-0.4, -0.2) is 38.8 Å². The fraction of sp³-hybridized carbons (Fsp3) is 0.412. The van der Waals surface area contributed by atoms with Crippen molar-refractivity contribution in [2.45, 2.75) is 32.4 Å². The van der Waals surface area contributed by atoms with E-state index in [4.69, 9.17) is 5.73 Å². The van der Waals surface area contributed by atoms with E-state index in [1.54, 1.807) is 11.0 Å². The summed E-state index contributed by atoms with van der Waals surface area (Å²) in [5.74, 6) is 0.397. The number of nitrogens with two attached hydrogens (primary N) is 1. The molecule has 1 unspecified atom stereocenters. The molecule has 1 saturated heterocycles. The van der Waals surface area contributed by atoms with Crippen LogP contribution in [0.3, 0.4) is 0 Å². The highest BCUT2D eigenvalue weighted by Crippen LogP contribution is 2.33. The standard InChI is InChI=1S/C17H22N4O2/c1-12-5-3-4-6-14(12)17(23)7-8-20(11-17)16(22)10-21-15(18)9-13(2)19-21/h3-6,9,23H,7-8,10-11,18H2,1-2H3. The van der Waals surface area contributed by atoms with Crippen molar-refractivity contribution in [3.63, 3.8) is 0 Å². The highest BCUT2D eigenvalue weighted by atomic mass is 16.3. The molecule has 0 aliphatic carbocycles. The Morgan fingerprint density at radius 1 is 1.39 bits per heavy atom. The van der Waals surface area contributed by atoms with Gasteiger partial charge in [0.1, 0.15) is 18.0 Å². The number of aryl methyl sites for hydroxylation is 2. The van der Waals surface area contributed by atoms with Crippen LogP contribution < -0.4 is 5.73 Å². The molecule has 1 aromatic carbocycles. The van der Waals surface area contributed by atoms with Gasteiger partial charge in [-0.3, -0.25) is 4.79 Å². The van der Waals surface area contributed by atoms with Crippen molar-refractivity contribution in [3.05, 3.63) is 47.2 Å². The molecule has 3 rings (SSSR count). The Labute approximate surface area is 135 Å². The largest absolute Gasteiger partial charge is 0.384 e. The minimum Gasteiger partial charge on any atom is -0.384 e. The number of aliphatic hydroxyl groups is 1. The smallest absolute Gasteiger partial charge is 0.244 e. The maximum atomic E-state index is 12.5. The van der Waals surface area contributed by atoms with E-state index in [1.807, 2.05) is 38.1 Å². The van der Waals surface area contributed by atoms with E-state index in [-0.39, 0.29) is 12.5 Å². The lowest BCUT2D eigenvalue weighted by molar-refractivity contribution is -0.132. The molecular formula is C17H22N4O2. The molecule has 6 heteroatoms. The molecule has 0 spiro atoms. The van der Waals surface area contributed by atoms with E-state index in [0.29, 0.717) is 25.3 Å². The van der Waals surface area contributed by atoms with Crippen LogP contribution in [0, 0.1) is 13.8 Å². The van der Waals surface area contributed by atoms with Crippen molar-refractivity contribution in [1.82, 2.24) is 14.7 Å². The number of nitrogens with zero attached hydrogens (tertiary/aromatic N) is 3. The average molecular weight is 314 g/mol. The number of β-amino-alcohol motifs (C(OH)–C–C–N with tert-alkyl or cyclic N) is 1. The molecule has 0 radical (unpaired) electrons. The second-order valence-electron chi connectivity index (χ2n) is 6.28. The monoisotopic (exact) mass is 314 g/mol. The van der Waals surface area contributed by atoms with Crippen LogP contribution in [-0.2, 0) is 16.9 Å². The number of carbonyl (C=O) groups is 1. The number of hydrogen-bond donors (Lipinski definition) is 2. The van der Waals surface area contributed by atoms with Gasteiger partial charge in [-0.25, -0.2) is 4.68 Å². The molecule has 23 heavy (non-hydrogen) atoms. The first-order chi connectivity index (χ1) is 10.9. The molecule has 1 aromatic heterocycles. The summed E-state index contributed by atoms with van der Waals surface area (Å²) in [6, 6.07) is 9.50. The Kier molecular flexibility index (Phi) is 3.85. The third-order valence-corrected chi connectivity index (χ3v) is 4.47. The number of carbonyl (C=O) groups excluding carboxylic acids is 1. The number of likely N-dealkylation sites (tertiary alicyclic amines) is 1. The summed E-state index contributed by atoms with van der Waals surface area (Å²) in [5.41, 5.74) is 7.57. The van der Waals surface area contributed by atoms with Crippen molar-refractivity contribution in [1.29, 1.82) is 0 Å². The zero-order valence-corrected chi connectivity index (χ0v) is 13.5. The van der Waals surface area contributed by atoms with Gasteiger partial charge in [-0.05, 0) is 31.4 Å². The lowest BCUT2D eigenvalue weighted by Gasteiger charge is -2.25. The molecule has 6 nitrogen and oxygen atoms in total. The summed E-state index contributed by atoms with van der Waals surface area (Å²) in [7, 11) is 0. The Morgan fingerprint density at radius 3 is 2.78 bits per heavy atom. The Hall–Kier alpha value is -2.34. The van der Waals surface area contributed by atoms with E-state index < -0.39 is 5.60 Å². The summed E-state index contributed by atoms with van der Waals surface area (Å²) in [5, 5.41) is 15.2. The highest BCUT2D eigenvalue weighted by Gasteiger charge is 2.40. The van der Waals surface area contributed by atoms with Gasteiger partial charge in [0, 0.05) is 12.6 Å². The summed E-state index contributed by atoms with van der Waals surface area (Å²) in [4.78, 5) is 14.2. The molecule has 1 aliphatic rings. The van der Waals surface area contributed by atoms with Gasteiger partial charge in [-0.1, -0.05) is 24.3 Å². The first-order valence-corrected chi connectivity index (χ1v) is 7.75. The number of benzene rings is 1. The summed E-state index contributed by atoms with van der Waals surface area (Å²) in [6.07, 6.45) is 0.539. The first kappa shape index (κ1) is 15.6. The van der Waals surface area contributed by atoms with E-state index in [2.05, 4.69) is 5.10 Å². The van der Waals surface area contributed by atoms with Crippen molar-refractivity contribution >= 4 is 11.7 Å². The summed E-state index contributed by atoms with van der Waals surface area (Å²) in [6.45, 7) is 4.75. The molecule has 0 saturated carbocycles. The van der Waals surface area contributed by atoms with Crippen LogP contribution in [0.15, 0.2) is 30.3 Å². The topological polar surface area (TPSA) is 84.4 Å². The predicted octanol–water partition coefficient (Wildman–Crippen LogP) is 1.20. The maximum Gasteiger partial charge on any atom is 0.244 e. The van der Waals surface area contributed by atoms with Gasteiger partial charge >= 0.3 is 0 Å². The third kappa shape index (κ3) is 2.94. The molecule has 2 heterocycles. The van der Waals surface area contributed by atoms with E-state index >= 15 is 0 Å². The molecular weight excluding hydrogens is 292 g/mol. The van der Waals surface area contributed by atoms with Gasteiger partial charge < -0.3 is 15.7 Å². The van der Waals surface area contributed by atoms with E-state index in [1.165, 1.54) is 4.68 Å². The second-order valence-corrected chi connectivity index (χ2v) is 6.28. The van der Waals surface area contributed by atoms with E-state index in [0.717, 1.165) is 16.8 Å². The Balaban J connectivity index is 1.73. The quantitative estimate of drug-likeness (QED) is 0.891. The van der Waals surface area contributed by atoms with Gasteiger partial charge in [-0.15, -0.1) is 0 Å². The van der Waals surface area contributed by atoms with Crippen LogP contribution in [0.1, 0.15) is 23.2 Å². The number of aromatic nitrogens is 2. The second kappa shape index (κ2) is 5.70. The zero-order chi connectivity index (χ0) is 16.6.